The largest absolute Gasteiger partial charge is 0.493 e. The van der Waals surface area contributed by atoms with E-state index in [0.29, 0.717) is 17.2 Å². The Morgan fingerprint density at radius 3 is 2.55 bits per heavy atom. The van der Waals surface area contributed by atoms with Crippen LogP contribution < -0.4 is 9.47 Å². The number of hydrogen-bond acceptors (Lipinski definition) is 5. The number of likely N-dealkylation sites (tertiary alicyclic amines) is 1. The van der Waals surface area contributed by atoms with E-state index in [1.54, 1.807) is 18.4 Å². The molecular weight excluding hydrogens is 408 g/mol. The van der Waals surface area contributed by atoms with Crippen molar-refractivity contribution in [1.82, 2.24) is 9.88 Å². The van der Waals surface area contributed by atoms with Crippen molar-refractivity contribution in [2.45, 2.75) is 50.5 Å². The molecule has 1 amide bonds. The maximum absolute atomic E-state index is 13.1. The van der Waals surface area contributed by atoms with Crippen LogP contribution in [0.5, 0.6) is 11.5 Å². The zero-order valence-corrected chi connectivity index (χ0v) is 18.7. The van der Waals surface area contributed by atoms with E-state index in [0.717, 1.165) is 50.0 Å². The summed E-state index contributed by atoms with van der Waals surface area (Å²) in [5.74, 6) is 1.87. The second kappa shape index (κ2) is 8.87. The predicted molar refractivity (Wildman–Crippen MR) is 123 cm³/mol. The van der Waals surface area contributed by atoms with Crippen molar-refractivity contribution in [3.8, 4) is 11.5 Å². The minimum Gasteiger partial charge on any atom is -0.493 e. The highest BCUT2D eigenvalue weighted by molar-refractivity contribution is 7.18. The fourth-order valence-corrected chi connectivity index (χ4v) is 5.80. The van der Waals surface area contributed by atoms with Crippen LogP contribution in [0.25, 0.3) is 10.2 Å². The number of amides is 1. The molecule has 2 heterocycles. The van der Waals surface area contributed by atoms with E-state index >= 15 is 0 Å². The van der Waals surface area contributed by atoms with Crippen molar-refractivity contribution in [3.05, 3.63) is 53.0 Å². The predicted octanol–water partition coefficient (Wildman–Crippen LogP) is 5.65. The highest BCUT2D eigenvalue weighted by atomic mass is 32.1. The van der Waals surface area contributed by atoms with Gasteiger partial charge in [-0.1, -0.05) is 12.1 Å². The topological polar surface area (TPSA) is 51.7 Å². The Bertz CT molecular complexity index is 1030. The van der Waals surface area contributed by atoms with Crippen molar-refractivity contribution in [3.63, 3.8) is 0 Å². The van der Waals surface area contributed by atoms with Gasteiger partial charge in [0.15, 0.2) is 11.5 Å². The van der Waals surface area contributed by atoms with Crippen molar-refractivity contribution in [2.75, 3.05) is 20.2 Å². The number of methoxy groups -OCH3 is 1. The smallest absolute Gasteiger partial charge is 0.253 e. The molecular formula is C25H28N2O3S. The Labute approximate surface area is 187 Å². The summed E-state index contributed by atoms with van der Waals surface area (Å²) >= 11 is 1.78. The van der Waals surface area contributed by atoms with Gasteiger partial charge in [-0.05, 0) is 68.9 Å². The van der Waals surface area contributed by atoms with Crippen LogP contribution in [0.2, 0.25) is 0 Å². The van der Waals surface area contributed by atoms with Gasteiger partial charge in [0.25, 0.3) is 5.91 Å². The molecule has 1 aliphatic heterocycles. The minimum atomic E-state index is 0.0634. The highest BCUT2D eigenvalue weighted by Crippen LogP contribution is 2.35. The molecule has 1 saturated heterocycles. The van der Waals surface area contributed by atoms with E-state index in [2.05, 4.69) is 18.2 Å². The second-order valence-electron chi connectivity index (χ2n) is 8.48. The van der Waals surface area contributed by atoms with Crippen molar-refractivity contribution in [1.29, 1.82) is 0 Å². The Morgan fingerprint density at radius 1 is 1.03 bits per heavy atom. The van der Waals surface area contributed by atoms with Crippen molar-refractivity contribution < 1.29 is 14.3 Å². The molecule has 0 spiro atoms. The first-order valence-corrected chi connectivity index (χ1v) is 12.0. The minimum absolute atomic E-state index is 0.0634. The lowest BCUT2D eigenvalue weighted by atomic mass is 9.97. The molecule has 1 aromatic heterocycles. The fraction of sp³-hybridized carbons (Fsp3) is 0.440. The van der Waals surface area contributed by atoms with E-state index in [-0.39, 0.29) is 12.0 Å². The van der Waals surface area contributed by atoms with Crippen LogP contribution in [0.4, 0.5) is 0 Å². The summed E-state index contributed by atoms with van der Waals surface area (Å²) in [7, 11) is 1.63. The molecule has 5 rings (SSSR count). The number of fused-ring (bicyclic) bond motifs is 1. The Balaban J connectivity index is 1.24. The molecule has 2 aliphatic rings. The van der Waals surface area contributed by atoms with Crippen LogP contribution in [0.1, 0.15) is 59.8 Å². The maximum atomic E-state index is 13.1. The average molecular weight is 437 g/mol. The van der Waals surface area contributed by atoms with Gasteiger partial charge < -0.3 is 14.4 Å². The van der Waals surface area contributed by atoms with E-state index in [1.807, 2.05) is 29.2 Å². The normalized spacial score (nSPS) is 17.9. The van der Waals surface area contributed by atoms with Crippen LogP contribution in [-0.4, -0.2) is 42.1 Å². The standard InChI is InChI=1S/C25H28N2O3S/c1-29-22-16-18(10-11-21(22)30-19-6-2-3-7-19)25(28)27-14-12-17(13-15-27)24-26-20-8-4-5-9-23(20)31-24/h4-5,8-11,16-17,19H,2-3,6-7,12-15H2,1H3. The Hall–Kier alpha value is -2.60. The number of benzene rings is 2. The zero-order valence-electron chi connectivity index (χ0n) is 17.9. The number of carbonyl (C=O) groups excluding carboxylic acids is 1. The molecule has 1 aliphatic carbocycles. The summed E-state index contributed by atoms with van der Waals surface area (Å²) in [6.07, 6.45) is 6.78. The maximum Gasteiger partial charge on any atom is 0.253 e. The molecule has 0 atom stereocenters. The number of carbonyl (C=O) groups is 1. The fourth-order valence-electron chi connectivity index (χ4n) is 4.66. The number of hydrogen-bond donors (Lipinski definition) is 0. The molecule has 2 aromatic carbocycles. The number of thiazole rings is 1. The molecule has 31 heavy (non-hydrogen) atoms. The molecule has 0 N–H and O–H groups in total. The lowest BCUT2D eigenvalue weighted by Crippen LogP contribution is -2.37. The van der Waals surface area contributed by atoms with E-state index < -0.39 is 0 Å². The lowest BCUT2D eigenvalue weighted by molar-refractivity contribution is 0.0712. The molecule has 0 unspecified atom stereocenters. The molecule has 0 radical (unpaired) electrons. The van der Waals surface area contributed by atoms with E-state index in [1.165, 1.54) is 22.5 Å². The quantitative estimate of drug-likeness (QED) is 0.519. The summed E-state index contributed by atoms with van der Waals surface area (Å²) in [5, 5.41) is 1.20. The third-order valence-electron chi connectivity index (χ3n) is 6.45. The molecule has 0 bridgehead atoms. The van der Waals surface area contributed by atoms with Crippen LogP contribution in [0.3, 0.4) is 0 Å². The Kier molecular flexibility index (Phi) is 5.81. The summed E-state index contributed by atoms with van der Waals surface area (Å²) in [4.78, 5) is 19.9. The summed E-state index contributed by atoms with van der Waals surface area (Å²) in [6.45, 7) is 1.50. The van der Waals surface area contributed by atoms with Gasteiger partial charge >= 0.3 is 0 Å². The third-order valence-corrected chi connectivity index (χ3v) is 7.65. The third kappa shape index (κ3) is 4.26. The summed E-state index contributed by atoms with van der Waals surface area (Å²) < 4.78 is 12.9. The number of aromatic nitrogens is 1. The first-order chi connectivity index (χ1) is 15.2. The summed E-state index contributed by atoms with van der Waals surface area (Å²) in [6, 6.07) is 13.9. The number of ether oxygens (including phenoxy) is 2. The van der Waals surface area contributed by atoms with Gasteiger partial charge in [-0.15, -0.1) is 11.3 Å². The average Bonchev–Trinajstić information content (AvgIpc) is 3.49. The first-order valence-electron chi connectivity index (χ1n) is 11.2. The van der Waals surface area contributed by atoms with Gasteiger partial charge in [0.2, 0.25) is 0 Å². The van der Waals surface area contributed by atoms with E-state index in [9.17, 15) is 4.79 Å². The first kappa shape index (κ1) is 20.3. The second-order valence-corrected chi connectivity index (χ2v) is 9.54. The van der Waals surface area contributed by atoms with Crippen LogP contribution in [-0.2, 0) is 0 Å². The van der Waals surface area contributed by atoms with E-state index in [4.69, 9.17) is 14.5 Å². The Morgan fingerprint density at radius 2 is 1.81 bits per heavy atom. The van der Waals surface area contributed by atoms with Crippen LogP contribution in [0, 0.1) is 0 Å². The van der Waals surface area contributed by atoms with Crippen molar-refractivity contribution >= 4 is 27.5 Å². The SMILES string of the molecule is COc1cc(C(=O)N2CCC(c3nc4ccccc4s3)CC2)ccc1OC1CCCC1. The van der Waals surface area contributed by atoms with Crippen LogP contribution in [0.15, 0.2) is 42.5 Å². The molecule has 162 valence electrons. The van der Waals surface area contributed by atoms with Gasteiger partial charge in [0.05, 0.1) is 28.4 Å². The highest BCUT2D eigenvalue weighted by Gasteiger charge is 2.27. The summed E-state index contributed by atoms with van der Waals surface area (Å²) in [5.41, 5.74) is 1.74. The van der Waals surface area contributed by atoms with Gasteiger partial charge in [-0.2, -0.15) is 0 Å². The molecule has 5 nitrogen and oxygen atoms in total. The van der Waals surface area contributed by atoms with Gasteiger partial charge in [0, 0.05) is 24.6 Å². The molecule has 3 aromatic rings. The number of rotatable bonds is 5. The number of piperidine rings is 1. The molecule has 6 heteroatoms. The monoisotopic (exact) mass is 436 g/mol. The molecule has 1 saturated carbocycles. The van der Waals surface area contributed by atoms with Gasteiger partial charge in [0.1, 0.15) is 0 Å². The van der Waals surface area contributed by atoms with Gasteiger partial charge in [-0.25, -0.2) is 4.98 Å². The van der Waals surface area contributed by atoms with Gasteiger partial charge in [-0.3, -0.25) is 4.79 Å². The number of para-hydroxylation sites is 1. The molecule has 2 fully saturated rings. The zero-order chi connectivity index (χ0) is 21.2. The number of nitrogens with zero attached hydrogens (tertiary/aromatic N) is 2. The lowest BCUT2D eigenvalue weighted by Gasteiger charge is -2.31. The van der Waals surface area contributed by atoms with Crippen molar-refractivity contribution in [2.24, 2.45) is 0 Å². The van der Waals surface area contributed by atoms with Crippen LogP contribution >= 0.6 is 11.3 Å².